The third-order valence-corrected chi connectivity index (χ3v) is 5.83. The number of aryl methyl sites for hydroxylation is 1. The van der Waals surface area contributed by atoms with Gasteiger partial charge in [-0.25, -0.2) is 14.4 Å². The Morgan fingerprint density at radius 2 is 1.27 bits per heavy atom. The third-order valence-electron chi connectivity index (χ3n) is 5.83. The van der Waals surface area contributed by atoms with Crippen molar-refractivity contribution in [3.63, 3.8) is 0 Å². The van der Waals surface area contributed by atoms with Crippen molar-refractivity contribution < 1.29 is 74.0 Å². The van der Waals surface area contributed by atoms with Gasteiger partial charge in [-0.3, -0.25) is 19.7 Å². The summed E-state index contributed by atoms with van der Waals surface area (Å²) in [4.78, 5) is 52.6. The molecular weight excluding hydrogens is 639 g/mol. The molecule has 2 aliphatic rings. The first-order valence-electron chi connectivity index (χ1n) is 12.3. The van der Waals surface area contributed by atoms with Crippen LogP contribution in [0.5, 0.6) is 0 Å². The summed E-state index contributed by atoms with van der Waals surface area (Å²) in [6.07, 6.45) is -11.8. The lowest BCUT2D eigenvalue weighted by Crippen LogP contribution is -2.37. The minimum Gasteiger partial charge on any atom is -0.475 e. The van der Waals surface area contributed by atoms with Gasteiger partial charge in [0.25, 0.3) is 0 Å². The number of nitrogens with zero attached hydrogens (tertiary/aromatic N) is 4. The summed E-state index contributed by atoms with van der Waals surface area (Å²) < 4.78 is 95.2. The van der Waals surface area contributed by atoms with Crippen LogP contribution in [0.3, 0.4) is 0 Å². The fourth-order valence-corrected chi connectivity index (χ4v) is 3.97. The monoisotopic (exact) mass is 664 g/mol. The minimum atomic E-state index is -5.08. The summed E-state index contributed by atoms with van der Waals surface area (Å²) in [7, 11) is 0. The Hall–Kier alpha value is -4.49. The molecular formula is C25H25F9N4O7. The molecule has 2 aromatic heterocycles. The highest BCUT2D eigenvalue weighted by Gasteiger charge is 2.46. The lowest BCUT2D eigenvalue weighted by atomic mass is 10.1. The molecule has 0 saturated carbocycles. The Kier molecular flexibility index (Phi) is 13.7. The fraction of sp³-hybridized carbons (Fsp3) is 0.440. The Morgan fingerprint density at radius 3 is 1.69 bits per heavy atom. The highest BCUT2D eigenvalue weighted by molar-refractivity contribution is 5.80. The van der Waals surface area contributed by atoms with E-state index in [1.54, 1.807) is 0 Å². The van der Waals surface area contributed by atoms with Crippen molar-refractivity contribution in [3.8, 4) is 0 Å². The quantitative estimate of drug-likeness (QED) is 0.407. The molecule has 0 radical (unpaired) electrons. The summed E-state index contributed by atoms with van der Waals surface area (Å²) in [5.74, 6) is -8.02. The molecule has 4 rings (SSSR count). The van der Waals surface area contributed by atoms with Crippen molar-refractivity contribution >= 4 is 23.8 Å². The van der Waals surface area contributed by atoms with Gasteiger partial charge in [-0.05, 0) is 37.6 Å². The number of fused-ring (bicyclic) bond motifs is 1. The maximum atomic E-state index is 12.5. The summed E-state index contributed by atoms with van der Waals surface area (Å²) in [5.41, 5.74) is 3.05. The summed E-state index contributed by atoms with van der Waals surface area (Å²) in [5, 5.41) is 21.4. The van der Waals surface area contributed by atoms with Gasteiger partial charge < -0.3 is 20.2 Å². The highest BCUT2D eigenvalue weighted by Crippen LogP contribution is 2.34. The number of carbonyl (C=O) groups is 4. The molecule has 2 saturated heterocycles. The van der Waals surface area contributed by atoms with E-state index in [-0.39, 0.29) is 5.91 Å². The van der Waals surface area contributed by atoms with Crippen LogP contribution in [-0.2, 0) is 32.3 Å². The van der Waals surface area contributed by atoms with E-state index in [0.29, 0.717) is 25.0 Å². The van der Waals surface area contributed by atoms with Crippen LogP contribution in [0.25, 0.3) is 0 Å². The van der Waals surface area contributed by atoms with Gasteiger partial charge in [0.05, 0.1) is 17.9 Å². The Bertz CT molecular complexity index is 1250. The van der Waals surface area contributed by atoms with Gasteiger partial charge in [-0.1, -0.05) is 12.1 Å². The number of likely N-dealkylation sites (tertiary alicyclic amines) is 2. The molecule has 2 aliphatic heterocycles. The zero-order valence-corrected chi connectivity index (χ0v) is 22.9. The van der Waals surface area contributed by atoms with Crippen LogP contribution in [0, 0.1) is 6.92 Å². The molecule has 1 amide bonds. The second-order valence-corrected chi connectivity index (χ2v) is 9.12. The second-order valence-electron chi connectivity index (χ2n) is 9.12. The first kappa shape index (κ1) is 38.5. The largest absolute Gasteiger partial charge is 0.490 e. The van der Waals surface area contributed by atoms with E-state index in [2.05, 4.69) is 20.9 Å². The van der Waals surface area contributed by atoms with Crippen molar-refractivity contribution in [2.45, 2.75) is 63.5 Å². The number of aromatic nitrogens is 2. The number of alkyl halides is 9. The smallest absolute Gasteiger partial charge is 0.475 e. The van der Waals surface area contributed by atoms with Gasteiger partial charge in [-0.15, -0.1) is 0 Å². The van der Waals surface area contributed by atoms with Crippen molar-refractivity contribution in [1.82, 2.24) is 19.8 Å². The van der Waals surface area contributed by atoms with Crippen molar-refractivity contribution in [2.24, 2.45) is 0 Å². The minimum absolute atomic E-state index is 0.249. The van der Waals surface area contributed by atoms with E-state index in [4.69, 9.17) is 29.7 Å². The van der Waals surface area contributed by atoms with Crippen molar-refractivity contribution in [3.05, 3.63) is 59.7 Å². The number of amides is 1. The fourth-order valence-electron chi connectivity index (χ4n) is 3.97. The van der Waals surface area contributed by atoms with Crippen molar-refractivity contribution in [2.75, 3.05) is 6.54 Å². The molecule has 0 aliphatic carbocycles. The average molecular weight is 664 g/mol. The molecule has 2 aromatic rings. The molecule has 4 heterocycles. The summed E-state index contributed by atoms with van der Waals surface area (Å²) in [6, 6.07) is 12.6. The van der Waals surface area contributed by atoms with Crippen LogP contribution >= 0.6 is 0 Å². The third kappa shape index (κ3) is 13.4. The molecule has 250 valence electrons. The normalized spacial score (nSPS) is 17.9. The van der Waals surface area contributed by atoms with E-state index >= 15 is 0 Å². The van der Waals surface area contributed by atoms with Crippen LogP contribution in [0.15, 0.2) is 42.6 Å². The van der Waals surface area contributed by atoms with E-state index in [1.807, 2.05) is 48.4 Å². The first-order chi connectivity index (χ1) is 20.5. The summed E-state index contributed by atoms with van der Waals surface area (Å²) in [6.45, 7) is 4.46. The number of carbonyl (C=O) groups excluding carboxylic acids is 1. The van der Waals surface area contributed by atoms with E-state index in [9.17, 15) is 44.3 Å². The van der Waals surface area contributed by atoms with Gasteiger partial charge in [0.2, 0.25) is 5.91 Å². The van der Waals surface area contributed by atoms with Gasteiger partial charge in [0, 0.05) is 43.5 Å². The Labute approximate surface area is 247 Å². The van der Waals surface area contributed by atoms with Crippen molar-refractivity contribution in [1.29, 1.82) is 0 Å². The number of pyridine rings is 2. The predicted molar refractivity (Wildman–Crippen MR) is 132 cm³/mol. The number of rotatable bonds is 4. The molecule has 0 spiro atoms. The lowest BCUT2D eigenvalue weighted by molar-refractivity contribution is -0.193. The van der Waals surface area contributed by atoms with Gasteiger partial charge in [-0.2, -0.15) is 39.5 Å². The summed E-state index contributed by atoms with van der Waals surface area (Å²) >= 11 is 0. The molecule has 2 fully saturated rings. The lowest BCUT2D eigenvalue weighted by Gasteiger charge is -2.25. The molecule has 0 bridgehead atoms. The number of hydrogen-bond acceptors (Lipinski definition) is 7. The molecule has 2 atom stereocenters. The van der Waals surface area contributed by atoms with Gasteiger partial charge >= 0.3 is 36.4 Å². The SMILES string of the molecule is Cc1cccc(CN2C(=O)C[C@H]3[C@@H]2CCN3Cc2ccccn2)n1.O=C(O)C(F)(F)F.O=C(O)C(F)(F)F.O=C(O)C(F)(F)F. The zero-order chi connectivity index (χ0) is 34.8. The van der Waals surface area contributed by atoms with Crippen LogP contribution in [-0.4, -0.2) is 96.1 Å². The number of carboxylic acid groups (broad SMARTS) is 3. The van der Waals surface area contributed by atoms with E-state index in [1.165, 1.54) is 0 Å². The average Bonchev–Trinajstić information content (AvgIpc) is 3.43. The van der Waals surface area contributed by atoms with Crippen LogP contribution in [0.1, 0.15) is 29.9 Å². The standard InChI is InChI=1S/C19H22N4O.3C2HF3O2/c1-14-5-4-7-16(21-14)13-23-17-8-10-22(18(17)11-19(23)24)12-15-6-2-3-9-20-15;3*3-2(4,5)1(6)7/h2-7,9,17-18H,8,10-13H2,1H3;3*(H,6,7)/t17-,18-;;;/m0.../s1. The van der Waals surface area contributed by atoms with Gasteiger partial charge in [0.15, 0.2) is 0 Å². The van der Waals surface area contributed by atoms with Crippen LogP contribution in [0.2, 0.25) is 0 Å². The number of aliphatic carboxylic acids is 3. The van der Waals surface area contributed by atoms with Crippen LogP contribution in [0.4, 0.5) is 39.5 Å². The number of carboxylic acids is 3. The first-order valence-corrected chi connectivity index (χ1v) is 12.3. The second kappa shape index (κ2) is 16.0. The van der Waals surface area contributed by atoms with E-state index in [0.717, 1.165) is 36.6 Å². The molecule has 0 aromatic carbocycles. The Morgan fingerprint density at radius 1 is 0.778 bits per heavy atom. The molecule has 20 heteroatoms. The molecule has 3 N–H and O–H groups in total. The predicted octanol–water partition coefficient (Wildman–Crippen LogP) is 4.06. The zero-order valence-electron chi connectivity index (χ0n) is 22.9. The maximum absolute atomic E-state index is 12.5. The maximum Gasteiger partial charge on any atom is 0.490 e. The molecule has 45 heavy (non-hydrogen) atoms. The number of hydrogen-bond donors (Lipinski definition) is 3. The molecule has 0 unspecified atom stereocenters. The Balaban J connectivity index is 0.000000396. The van der Waals surface area contributed by atoms with E-state index < -0.39 is 36.4 Å². The number of halogens is 9. The highest BCUT2D eigenvalue weighted by atomic mass is 19.4. The topological polar surface area (TPSA) is 161 Å². The molecule has 11 nitrogen and oxygen atoms in total. The van der Waals surface area contributed by atoms with Crippen LogP contribution < -0.4 is 0 Å². The van der Waals surface area contributed by atoms with Gasteiger partial charge in [0.1, 0.15) is 0 Å².